The zero-order valence-corrected chi connectivity index (χ0v) is 18.4. The number of nitrogens with one attached hydrogen (secondary N) is 2. The van der Waals surface area contributed by atoms with E-state index in [2.05, 4.69) is 10.6 Å². The molecular weight excluding hydrogens is 424 g/mol. The predicted octanol–water partition coefficient (Wildman–Crippen LogP) is 0.688. The second-order valence-corrected chi connectivity index (χ2v) is 7.91. The van der Waals surface area contributed by atoms with E-state index in [0.29, 0.717) is 24.9 Å². The summed E-state index contributed by atoms with van der Waals surface area (Å²) in [6.07, 6.45) is 2.06. The van der Waals surface area contributed by atoms with Crippen LogP contribution in [0.2, 0.25) is 0 Å². The summed E-state index contributed by atoms with van der Waals surface area (Å²) in [5.74, 6) is -2.25. The monoisotopic (exact) mass is 456 g/mol. The van der Waals surface area contributed by atoms with Crippen LogP contribution < -0.4 is 22.1 Å². The molecular formula is C24H32N4O5. The maximum Gasteiger partial charge on any atom is 0.326 e. The average Bonchev–Trinajstić information content (AvgIpc) is 2.80. The highest BCUT2D eigenvalue weighted by Crippen LogP contribution is 2.12. The van der Waals surface area contributed by atoms with Gasteiger partial charge in [0, 0.05) is 12.8 Å². The molecule has 0 radical (unpaired) electrons. The number of benzene rings is 2. The van der Waals surface area contributed by atoms with Crippen molar-refractivity contribution in [2.45, 2.75) is 50.2 Å². The molecule has 9 nitrogen and oxygen atoms in total. The summed E-state index contributed by atoms with van der Waals surface area (Å²) in [6.45, 7) is 0.505. The van der Waals surface area contributed by atoms with E-state index in [-0.39, 0.29) is 18.6 Å². The first-order chi connectivity index (χ1) is 15.8. The third-order valence-electron chi connectivity index (χ3n) is 5.21. The molecule has 0 heterocycles. The normalized spacial score (nSPS) is 13.5. The fourth-order valence-corrected chi connectivity index (χ4v) is 3.32. The molecule has 2 rings (SSSR count). The standard InChI is InChI=1S/C24H32N4O5/c25-13-5-4-8-19(26)22(30)27-20(14-16-6-2-1-3-7-16)23(31)28-21(24(32)33)15-17-9-11-18(29)12-10-17/h1-3,6-7,9-12,19-21,29H,4-5,8,13-15,25-26H2,(H,27,30)(H,28,31)(H,32,33)/t19-,20-,21+/m0/s1. The van der Waals surface area contributed by atoms with E-state index in [9.17, 15) is 24.6 Å². The summed E-state index contributed by atoms with van der Waals surface area (Å²) < 4.78 is 0. The van der Waals surface area contributed by atoms with E-state index < -0.39 is 35.9 Å². The van der Waals surface area contributed by atoms with Crippen LogP contribution in [0.4, 0.5) is 0 Å². The van der Waals surface area contributed by atoms with Gasteiger partial charge in [-0.3, -0.25) is 9.59 Å². The number of aromatic hydroxyl groups is 1. The SMILES string of the molecule is NCCCC[C@H](N)C(=O)N[C@@H](Cc1ccccc1)C(=O)N[C@H](Cc1ccc(O)cc1)C(=O)O. The number of amides is 2. The van der Waals surface area contributed by atoms with Crippen LogP contribution in [-0.2, 0) is 27.2 Å². The lowest BCUT2D eigenvalue weighted by Crippen LogP contribution is -2.55. The van der Waals surface area contributed by atoms with E-state index >= 15 is 0 Å². The van der Waals surface area contributed by atoms with Crippen molar-refractivity contribution in [2.75, 3.05) is 6.54 Å². The van der Waals surface area contributed by atoms with Crippen LogP contribution in [0.15, 0.2) is 54.6 Å². The minimum atomic E-state index is -1.21. The highest BCUT2D eigenvalue weighted by Gasteiger charge is 2.28. The molecule has 0 spiro atoms. The molecule has 0 aliphatic heterocycles. The highest BCUT2D eigenvalue weighted by molar-refractivity contribution is 5.92. The van der Waals surface area contributed by atoms with Crippen molar-refractivity contribution < 1.29 is 24.6 Å². The number of phenolic OH excluding ortho intramolecular Hbond substituents is 1. The van der Waals surface area contributed by atoms with Crippen LogP contribution >= 0.6 is 0 Å². The van der Waals surface area contributed by atoms with Gasteiger partial charge in [0.25, 0.3) is 0 Å². The van der Waals surface area contributed by atoms with Crippen molar-refractivity contribution in [2.24, 2.45) is 11.5 Å². The summed E-state index contributed by atoms with van der Waals surface area (Å²) in [4.78, 5) is 37.4. The Morgan fingerprint density at radius 1 is 0.818 bits per heavy atom. The van der Waals surface area contributed by atoms with Gasteiger partial charge in [-0.1, -0.05) is 48.9 Å². The van der Waals surface area contributed by atoms with Crippen LogP contribution in [0.1, 0.15) is 30.4 Å². The summed E-state index contributed by atoms with van der Waals surface area (Å²) in [5.41, 5.74) is 12.9. The summed E-state index contributed by atoms with van der Waals surface area (Å²) in [5, 5.41) is 24.2. The van der Waals surface area contributed by atoms with Crippen LogP contribution in [-0.4, -0.2) is 52.7 Å². The third-order valence-corrected chi connectivity index (χ3v) is 5.21. The fraction of sp³-hybridized carbons (Fsp3) is 0.375. The Balaban J connectivity index is 2.12. The van der Waals surface area contributed by atoms with Gasteiger partial charge in [-0.15, -0.1) is 0 Å². The molecule has 0 aliphatic rings. The third kappa shape index (κ3) is 8.91. The lowest BCUT2D eigenvalue weighted by Gasteiger charge is -2.23. The van der Waals surface area contributed by atoms with Gasteiger partial charge in [0.2, 0.25) is 11.8 Å². The van der Waals surface area contributed by atoms with Crippen molar-refractivity contribution >= 4 is 17.8 Å². The number of hydrogen-bond acceptors (Lipinski definition) is 6. The van der Waals surface area contributed by atoms with Crippen molar-refractivity contribution in [3.63, 3.8) is 0 Å². The zero-order valence-electron chi connectivity index (χ0n) is 18.4. The topological polar surface area (TPSA) is 168 Å². The van der Waals surface area contributed by atoms with Gasteiger partial charge in [0.1, 0.15) is 17.8 Å². The van der Waals surface area contributed by atoms with E-state index in [4.69, 9.17) is 11.5 Å². The number of carbonyl (C=O) groups is 3. The predicted molar refractivity (Wildman–Crippen MR) is 124 cm³/mol. The van der Waals surface area contributed by atoms with Crippen LogP contribution in [0.3, 0.4) is 0 Å². The first-order valence-electron chi connectivity index (χ1n) is 10.9. The molecule has 2 aromatic rings. The Morgan fingerprint density at radius 3 is 2.00 bits per heavy atom. The second-order valence-electron chi connectivity index (χ2n) is 7.91. The van der Waals surface area contributed by atoms with Crippen molar-refractivity contribution in [3.8, 4) is 5.75 Å². The molecule has 33 heavy (non-hydrogen) atoms. The smallest absolute Gasteiger partial charge is 0.326 e. The molecule has 8 N–H and O–H groups in total. The summed E-state index contributed by atoms with van der Waals surface area (Å²) >= 11 is 0. The highest BCUT2D eigenvalue weighted by atomic mass is 16.4. The number of aliphatic carboxylic acids is 1. The Bertz CT molecular complexity index is 905. The van der Waals surface area contributed by atoms with Crippen LogP contribution in [0, 0.1) is 0 Å². The quantitative estimate of drug-likeness (QED) is 0.241. The molecule has 0 saturated carbocycles. The van der Waals surface area contributed by atoms with Gasteiger partial charge in [-0.25, -0.2) is 4.79 Å². The Labute approximate surface area is 193 Å². The molecule has 0 unspecified atom stereocenters. The van der Waals surface area contributed by atoms with Crippen LogP contribution in [0.25, 0.3) is 0 Å². The molecule has 0 aliphatic carbocycles. The number of unbranched alkanes of at least 4 members (excludes halogenated alkanes) is 1. The lowest BCUT2D eigenvalue weighted by atomic mass is 10.0. The maximum absolute atomic E-state index is 13.0. The first kappa shape index (κ1) is 25.8. The van der Waals surface area contributed by atoms with Gasteiger partial charge in [0.05, 0.1) is 6.04 Å². The van der Waals surface area contributed by atoms with Gasteiger partial charge in [-0.05, 0) is 42.6 Å². The summed E-state index contributed by atoms with van der Waals surface area (Å²) in [7, 11) is 0. The first-order valence-corrected chi connectivity index (χ1v) is 10.9. The van der Waals surface area contributed by atoms with Gasteiger partial charge in [-0.2, -0.15) is 0 Å². The van der Waals surface area contributed by atoms with Gasteiger partial charge >= 0.3 is 5.97 Å². The summed E-state index contributed by atoms with van der Waals surface area (Å²) in [6, 6.07) is 12.2. The van der Waals surface area contributed by atoms with Crippen molar-refractivity contribution in [1.29, 1.82) is 0 Å². The lowest BCUT2D eigenvalue weighted by molar-refractivity contribution is -0.142. The largest absolute Gasteiger partial charge is 0.508 e. The molecule has 0 saturated heterocycles. The molecule has 3 atom stereocenters. The van der Waals surface area contributed by atoms with Gasteiger partial charge < -0.3 is 32.3 Å². The van der Waals surface area contributed by atoms with Crippen LogP contribution in [0.5, 0.6) is 5.75 Å². The molecule has 178 valence electrons. The minimum absolute atomic E-state index is 0.0198. The number of phenols is 1. The van der Waals surface area contributed by atoms with E-state index in [1.165, 1.54) is 12.1 Å². The number of carbonyl (C=O) groups excluding carboxylic acids is 2. The van der Waals surface area contributed by atoms with E-state index in [0.717, 1.165) is 12.0 Å². The molecule has 0 aromatic heterocycles. The van der Waals surface area contributed by atoms with Crippen molar-refractivity contribution in [1.82, 2.24) is 10.6 Å². The fourth-order valence-electron chi connectivity index (χ4n) is 3.32. The Kier molecular flexibility index (Phi) is 10.3. The molecule has 0 bridgehead atoms. The number of rotatable bonds is 13. The van der Waals surface area contributed by atoms with Crippen molar-refractivity contribution in [3.05, 3.63) is 65.7 Å². The van der Waals surface area contributed by atoms with Gasteiger partial charge in [0.15, 0.2) is 0 Å². The molecule has 9 heteroatoms. The maximum atomic E-state index is 13.0. The van der Waals surface area contributed by atoms with E-state index in [1.54, 1.807) is 12.1 Å². The molecule has 0 fully saturated rings. The molecule has 2 aromatic carbocycles. The number of nitrogens with two attached hydrogens (primary N) is 2. The number of carboxylic acids is 1. The number of hydrogen-bond donors (Lipinski definition) is 6. The number of carboxylic acid groups (broad SMARTS) is 1. The van der Waals surface area contributed by atoms with E-state index in [1.807, 2.05) is 30.3 Å². The molecule has 2 amide bonds. The Hall–Kier alpha value is -3.43. The second kappa shape index (κ2) is 13.2. The Morgan fingerprint density at radius 2 is 1.39 bits per heavy atom. The minimum Gasteiger partial charge on any atom is -0.508 e. The zero-order chi connectivity index (χ0) is 24.2. The average molecular weight is 457 g/mol.